The Morgan fingerprint density at radius 3 is 2.89 bits per heavy atom. The van der Waals surface area contributed by atoms with E-state index < -0.39 is 0 Å². The standard InChI is InChI=1S/C15H16N2O/c18-15(17-13-5-1-2-6-13)12-7-8-14-11(10-12)4-3-9-16-14/h3-4,7-10,13H,1-2,5-6H2,(H,17,18). The molecule has 0 atom stereocenters. The molecule has 1 heterocycles. The highest BCUT2D eigenvalue weighted by atomic mass is 16.1. The van der Waals surface area contributed by atoms with Crippen molar-refractivity contribution >= 4 is 16.8 Å². The second-order valence-electron chi connectivity index (χ2n) is 4.87. The van der Waals surface area contributed by atoms with E-state index in [0.29, 0.717) is 6.04 Å². The van der Waals surface area contributed by atoms with Crippen LogP contribution in [0.1, 0.15) is 36.0 Å². The molecule has 0 unspecified atom stereocenters. The normalized spacial score (nSPS) is 16.0. The lowest BCUT2D eigenvalue weighted by Gasteiger charge is -2.12. The molecule has 0 aliphatic heterocycles. The molecule has 92 valence electrons. The van der Waals surface area contributed by atoms with Gasteiger partial charge in [0, 0.05) is 23.2 Å². The lowest BCUT2D eigenvalue weighted by atomic mass is 10.1. The summed E-state index contributed by atoms with van der Waals surface area (Å²) < 4.78 is 0. The number of nitrogens with zero attached hydrogens (tertiary/aromatic N) is 1. The van der Waals surface area contributed by atoms with Gasteiger partial charge in [0.25, 0.3) is 5.91 Å². The Morgan fingerprint density at radius 1 is 1.22 bits per heavy atom. The van der Waals surface area contributed by atoms with Crippen molar-refractivity contribution < 1.29 is 4.79 Å². The first-order valence-corrected chi connectivity index (χ1v) is 6.48. The van der Waals surface area contributed by atoms with Crippen LogP contribution in [0.3, 0.4) is 0 Å². The molecule has 3 nitrogen and oxygen atoms in total. The molecule has 0 bridgehead atoms. The third-order valence-corrected chi connectivity index (χ3v) is 3.56. The van der Waals surface area contributed by atoms with Crippen LogP contribution in [0.5, 0.6) is 0 Å². The number of rotatable bonds is 2. The lowest BCUT2D eigenvalue weighted by molar-refractivity contribution is 0.0938. The van der Waals surface area contributed by atoms with E-state index in [1.165, 1.54) is 12.8 Å². The molecule has 0 spiro atoms. The largest absolute Gasteiger partial charge is 0.349 e. The van der Waals surface area contributed by atoms with Crippen LogP contribution in [0.15, 0.2) is 36.5 Å². The molecular weight excluding hydrogens is 224 g/mol. The highest BCUT2D eigenvalue weighted by Gasteiger charge is 2.17. The number of fused-ring (bicyclic) bond motifs is 1. The van der Waals surface area contributed by atoms with E-state index in [1.807, 2.05) is 30.3 Å². The summed E-state index contributed by atoms with van der Waals surface area (Å²) in [6.07, 6.45) is 6.45. The van der Waals surface area contributed by atoms with Gasteiger partial charge in [-0.3, -0.25) is 9.78 Å². The van der Waals surface area contributed by atoms with Crippen LogP contribution in [0.2, 0.25) is 0 Å². The Bertz CT molecular complexity index is 573. The minimum Gasteiger partial charge on any atom is -0.349 e. The van der Waals surface area contributed by atoms with E-state index in [2.05, 4.69) is 10.3 Å². The number of hydrogen-bond acceptors (Lipinski definition) is 2. The van der Waals surface area contributed by atoms with Crippen LogP contribution in [0.4, 0.5) is 0 Å². The molecule has 3 heteroatoms. The molecule has 1 amide bonds. The van der Waals surface area contributed by atoms with Crippen LogP contribution < -0.4 is 5.32 Å². The predicted octanol–water partition coefficient (Wildman–Crippen LogP) is 2.91. The maximum atomic E-state index is 12.1. The molecule has 0 radical (unpaired) electrons. The molecule has 3 rings (SSSR count). The number of benzene rings is 1. The van der Waals surface area contributed by atoms with Gasteiger partial charge in [-0.2, -0.15) is 0 Å². The topological polar surface area (TPSA) is 42.0 Å². The molecule has 1 N–H and O–H groups in total. The van der Waals surface area contributed by atoms with Gasteiger partial charge in [-0.05, 0) is 37.1 Å². The maximum absolute atomic E-state index is 12.1. The summed E-state index contributed by atoms with van der Waals surface area (Å²) in [5.74, 6) is 0.0349. The summed E-state index contributed by atoms with van der Waals surface area (Å²) in [4.78, 5) is 16.4. The molecule has 1 aromatic carbocycles. The molecular formula is C15H16N2O. The zero-order chi connectivity index (χ0) is 12.4. The number of aromatic nitrogens is 1. The Balaban J connectivity index is 1.82. The third kappa shape index (κ3) is 2.21. The maximum Gasteiger partial charge on any atom is 0.251 e. The molecule has 1 aliphatic carbocycles. The van der Waals surface area contributed by atoms with Crippen molar-refractivity contribution in [3.05, 3.63) is 42.1 Å². The summed E-state index contributed by atoms with van der Waals surface area (Å²) in [6.45, 7) is 0. The summed E-state index contributed by atoms with van der Waals surface area (Å²) in [6, 6.07) is 9.89. The zero-order valence-corrected chi connectivity index (χ0v) is 10.2. The number of amides is 1. The van der Waals surface area contributed by atoms with Crippen molar-refractivity contribution in [1.29, 1.82) is 0 Å². The molecule has 1 fully saturated rings. The van der Waals surface area contributed by atoms with E-state index in [9.17, 15) is 4.79 Å². The second-order valence-corrected chi connectivity index (χ2v) is 4.87. The SMILES string of the molecule is O=C(NC1CCCC1)c1ccc2ncccc2c1. The number of pyridine rings is 1. The number of carbonyl (C=O) groups is 1. The highest BCUT2D eigenvalue weighted by Crippen LogP contribution is 2.19. The molecule has 2 aromatic rings. The van der Waals surface area contributed by atoms with Gasteiger partial charge in [-0.1, -0.05) is 18.9 Å². The minimum atomic E-state index is 0.0349. The van der Waals surface area contributed by atoms with E-state index in [0.717, 1.165) is 29.3 Å². The summed E-state index contributed by atoms with van der Waals surface area (Å²) >= 11 is 0. The van der Waals surface area contributed by atoms with E-state index >= 15 is 0 Å². The minimum absolute atomic E-state index is 0.0349. The van der Waals surface area contributed by atoms with Crippen molar-refractivity contribution in [3.63, 3.8) is 0 Å². The monoisotopic (exact) mass is 240 g/mol. The van der Waals surface area contributed by atoms with Crippen molar-refractivity contribution in [3.8, 4) is 0 Å². The van der Waals surface area contributed by atoms with Crippen LogP contribution >= 0.6 is 0 Å². The molecule has 1 aromatic heterocycles. The fraction of sp³-hybridized carbons (Fsp3) is 0.333. The molecule has 1 saturated carbocycles. The zero-order valence-electron chi connectivity index (χ0n) is 10.2. The Labute approximate surface area is 106 Å². The number of carbonyl (C=O) groups excluding carboxylic acids is 1. The van der Waals surface area contributed by atoms with E-state index in [1.54, 1.807) is 6.20 Å². The van der Waals surface area contributed by atoms with Crippen LogP contribution in [-0.2, 0) is 0 Å². The first-order valence-electron chi connectivity index (χ1n) is 6.48. The molecule has 18 heavy (non-hydrogen) atoms. The smallest absolute Gasteiger partial charge is 0.251 e. The summed E-state index contributed by atoms with van der Waals surface area (Å²) in [5, 5.41) is 4.11. The Hall–Kier alpha value is -1.90. The molecule has 1 aliphatic rings. The summed E-state index contributed by atoms with van der Waals surface area (Å²) in [5.41, 5.74) is 1.65. The fourth-order valence-electron chi connectivity index (χ4n) is 2.56. The average Bonchev–Trinajstić information content (AvgIpc) is 2.91. The van der Waals surface area contributed by atoms with Crippen LogP contribution in [0, 0.1) is 0 Å². The van der Waals surface area contributed by atoms with Gasteiger partial charge in [-0.15, -0.1) is 0 Å². The van der Waals surface area contributed by atoms with Crippen molar-refractivity contribution in [2.75, 3.05) is 0 Å². The van der Waals surface area contributed by atoms with E-state index in [-0.39, 0.29) is 5.91 Å². The Kier molecular flexibility index (Phi) is 2.97. The third-order valence-electron chi connectivity index (χ3n) is 3.56. The van der Waals surface area contributed by atoms with Crippen LogP contribution in [-0.4, -0.2) is 16.9 Å². The average molecular weight is 240 g/mol. The van der Waals surface area contributed by atoms with Gasteiger partial charge < -0.3 is 5.32 Å². The van der Waals surface area contributed by atoms with Crippen LogP contribution in [0.25, 0.3) is 10.9 Å². The van der Waals surface area contributed by atoms with Crippen molar-refractivity contribution in [1.82, 2.24) is 10.3 Å². The van der Waals surface area contributed by atoms with Gasteiger partial charge >= 0.3 is 0 Å². The van der Waals surface area contributed by atoms with Crippen molar-refractivity contribution in [2.24, 2.45) is 0 Å². The first kappa shape index (κ1) is 11.2. The number of hydrogen-bond donors (Lipinski definition) is 1. The van der Waals surface area contributed by atoms with Gasteiger partial charge in [0.05, 0.1) is 5.52 Å². The molecule has 0 saturated heterocycles. The lowest BCUT2D eigenvalue weighted by Crippen LogP contribution is -2.32. The number of nitrogens with one attached hydrogen (secondary N) is 1. The van der Waals surface area contributed by atoms with Gasteiger partial charge in [0.1, 0.15) is 0 Å². The highest BCUT2D eigenvalue weighted by molar-refractivity contribution is 5.98. The van der Waals surface area contributed by atoms with Gasteiger partial charge in [0.2, 0.25) is 0 Å². The second kappa shape index (κ2) is 4.77. The van der Waals surface area contributed by atoms with Gasteiger partial charge in [0.15, 0.2) is 0 Å². The van der Waals surface area contributed by atoms with Gasteiger partial charge in [-0.25, -0.2) is 0 Å². The predicted molar refractivity (Wildman–Crippen MR) is 71.5 cm³/mol. The fourth-order valence-corrected chi connectivity index (χ4v) is 2.56. The first-order chi connectivity index (χ1) is 8.83. The van der Waals surface area contributed by atoms with E-state index in [4.69, 9.17) is 0 Å². The summed E-state index contributed by atoms with van der Waals surface area (Å²) in [7, 11) is 0. The Morgan fingerprint density at radius 2 is 2.06 bits per heavy atom. The van der Waals surface area contributed by atoms with Crippen molar-refractivity contribution in [2.45, 2.75) is 31.7 Å². The quantitative estimate of drug-likeness (QED) is 0.877.